The molecule has 0 heterocycles. The van der Waals surface area contributed by atoms with E-state index in [1.165, 1.54) is 64.2 Å². The van der Waals surface area contributed by atoms with E-state index in [0.29, 0.717) is 19.3 Å². The lowest BCUT2D eigenvalue weighted by Crippen LogP contribution is -2.30. The third-order valence-corrected chi connectivity index (χ3v) is 12.1. The first kappa shape index (κ1) is 68.6. The number of esters is 3. The maximum absolute atomic E-state index is 12.9. The van der Waals surface area contributed by atoms with Crippen LogP contribution in [0.5, 0.6) is 0 Å². The minimum Gasteiger partial charge on any atom is -0.462 e. The Balaban J connectivity index is 4.52. The predicted octanol–water partition coefficient (Wildman–Crippen LogP) is 20.2. The van der Waals surface area contributed by atoms with Gasteiger partial charge in [-0.3, -0.25) is 14.4 Å². The van der Waals surface area contributed by atoms with Crippen molar-refractivity contribution < 1.29 is 28.6 Å². The molecule has 0 rings (SSSR count). The fourth-order valence-corrected chi connectivity index (χ4v) is 7.72. The minimum absolute atomic E-state index is 0.104. The van der Waals surface area contributed by atoms with Gasteiger partial charge in [-0.15, -0.1) is 0 Å². The summed E-state index contributed by atoms with van der Waals surface area (Å²) >= 11 is 0. The van der Waals surface area contributed by atoms with Gasteiger partial charge < -0.3 is 14.2 Å². The van der Waals surface area contributed by atoms with Crippen molar-refractivity contribution in [3.05, 3.63) is 134 Å². The lowest BCUT2D eigenvalue weighted by Gasteiger charge is -2.18. The highest BCUT2D eigenvalue weighted by Crippen LogP contribution is 2.14. The number of hydrogen-bond donors (Lipinski definition) is 0. The Kier molecular flexibility index (Phi) is 56.4. The third-order valence-electron chi connectivity index (χ3n) is 12.1. The molecule has 1 unspecified atom stereocenters. The maximum atomic E-state index is 12.9. The van der Waals surface area contributed by atoms with E-state index < -0.39 is 6.10 Å². The number of unbranched alkanes of at least 4 members (excludes halogenated alkanes) is 19. The molecule has 0 saturated carbocycles. The first-order valence-electron chi connectivity index (χ1n) is 29.7. The van der Waals surface area contributed by atoms with Crippen LogP contribution in [0.1, 0.15) is 252 Å². The van der Waals surface area contributed by atoms with E-state index in [4.69, 9.17) is 14.2 Å². The van der Waals surface area contributed by atoms with Gasteiger partial charge in [-0.05, 0) is 135 Å². The number of carbonyl (C=O) groups is 3. The number of allylic oxidation sites excluding steroid dienone is 22. The third kappa shape index (κ3) is 58.3. The Morgan fingerprint density at radius 1 is 0.288 bits per heavy atom. The number of rotatable bonds is 52. The van der Waals surface area contributed by atoms with Crippen LogP contribution < -0.4 is 0 Å². The summed E-state index contributed by atoms with van der Waals surface area (Å²) < 4.78 is 16.9. The van der Waals surface area contributed by atoms with Gasteiger partial charge in [0.2, 0.25) is 0 Å². The molecule has 0 fully saturated rings. The van der Waals surface area contributed by atoms with Crippen molar-refractivity contribution in [3.8, 4) is 0 Å². The Hall–Kier alpha value is -4.45. The molecule has 0 saturated heterocycles. The average Bonchev–Trinajstić information content (AvgIpc) is 3.39. The average molecular weight is 1010 g/mol. The fourth-order valence-electron chi connectivity index (χ4n) is 7.72. The molecule has 0 aliphatic heterocycles. The van der Waals surface area contributed by atoms with E-state index >= 15 is 0 Å². The zero-order valence-electron chi connectivity index (χ0n) is 47.1. The van der Waals surface area contributed by atoms with Gasteiger partial charge in [0, 0.05) is 19.3 Å². The molecule has 6 heteroatoms. The zero-order valence-corrected chi connectivity index (χ0v) is 47.1. The van der Waals surface area contributed by atoms with Gasteiger partial charge in [-0.2, -0.15) is 0 Å². The maximum Gasteiger partial charge on any atom is 0.306 e. The molecule has 0 amide bonds. The molecule has 0 bridgehead atoms. The van der Waals surface area contributed by atoms with Crippen molar-refractivity contribution in [2.75, 3.05) is 13.2 Å². The number of carbonyl (C=O) groups excluding carboxylic acids is 3. The topological polar surface area (TPSA) is 78.9 Å². The molecule has 0 N–H and O–H groups in total. The summed E-state index contributed by atoms with van der Waals surface area (Å²) in [4.78, 5) is 38.3. The summed E-state index contributed by atoms with van der Waals surface area (Å²) in [5.74, 6) is -0.960. The van der Waals surface area contributed by atoms with E-state index in [9.17, 15) is 14.4 Å². The second-order valence-electron chi connectivity index (χ2n) is 19.1. The van der Waals surface area contributed by atoms with Gasteiger partial charge in [-0.1, -0.05) is 231 Å². The van der Waals surface area contributed by atoms with Gasteiger partial charge in [0.05, 0.1) is 0 Å². The molecule has 0 aromatic carbocycles. The highest BCUT2D eigenvalue weighted by atomic mass is 16.6. The van der Waals surface area contributed by atoms with Crippen molar-refractivity contribution in [2.24, 2.45) is 0 Å². The summed E-state index contributed by atoms with van der Waals surface area (Å²) in [5.41, 5.74) is 0. The number of ether oxygens (including phenoxy) is 3. The van der Waals surface area contributed by atoms with Gasteiger partial charge in [-0.25, -0.2) is 0 Å². The molecule has 412 valence electrons. The van der Waals surface area contributed by atoms with Crippen LogP contribution in [0.25, 0.3) is 0 Å². The van der Waals surface area contributed by atoms with Gasteiger partial charge >= 0.3 is 17.9 Å². The molecule has 6 nitrogen and oxygen atoms in total. The Labute approximate surface area is 449 Å². The first-order valence-corrected chi connectivity index (χ1v) is 29.7. The Morgan fingerprint density at radius 2 is 0.534 bits per heavy atom. The van der Waals surface area contributed by atoms with Gasteiger partial charge in [0.15, 0.2) is 6.10 Å². The van der Waals surface area contributed by atoms with E-state index in [-0.39, 0.29) is 31.1 Å². The van der Waals surface area contributed by atoms with Crippen LogP contribution in [0.3, 0.4) is 0 Å². The summed E-state index contributed by atoms with van der Waals surface area (Å²) in [6, 6.07) is 0. The molecule has 0 aromatic heterocycles. The fraction of sp³-hybridized carbons (Fsp3) is 0.627. The highest BCUT2D eigenvalue weighted by Gasteiger charge is 2.19. The lowest BCUT2D eigenvalue weighted by atomic mass is 10.1. The molecular formula is C67H108O6. The van der Waals surface area contributed by atoms with Crippen molar-refractivity contribution in [2.45, 2.75) is 258 Å². The Morgan fingerprint density at radius 3 is 0.849 bits per heavy atom. The van der Waals surface area contributed by atoms with E-state index in [2.05, 4.69) is 154 Å². The Bertz CT molecular complexity index is 1580. The quantitative estimate of drug-likeness (QED) is 0.0261. The van der Waals surface area contributed by atoms with Crippen molar-refractivity contribution >= 4 is 17.9 Å². The van der Waals surface area contributed by atoms with Crippen LogP contribution in [0.2, 0.25) is 0 Å². The van der Waals surface area contributed by atoms with E-state index in [1.54, 1.807) is 0 Å². The molecule has 0 aromatic rings. The van der Waals surface area contributed by atoms with E-state index in [0.717, 1.165) is 148 Å². The van der Waals surface area contributed by atoms with Crippen molar-refractivity contribution in [1.82, 2.24) is 0 Å². The summed E-state index contributed by atoms with van der Waals surface area (Å²) in [7, 11) is 0. The molecule has 0 aliphatic rings. The zero-order chi connectivity index (χ0) is 52.9. The summed E-state index contributed by atoms with van der Waals surface area (Å²) in [5, 5.41) is 0. The summed E-state index contributed by atoms with van der Waals surface area (Å²) in [6.45, 7) is 6.34. The van der Waals surface area contributed by atoms with Crippen LogP contribution in [0.15, 0.2) is 134 Å². The molecule has 1 atom stereocenters. The monoisotopic (exact) mass is 1010 g/mol. The molecule has 0 spiro atoms. The van der Waals surface area contributed by atoms with Crippen LogP contribution in [-0.4, -0.2) is 37.2 Å². The molecular weight excluding hydrogens is 901 g/mol. The SMILES string of the molecule is CC/C=C\C/C=C\C/C=C\C/C=C\C/C=C\CCCCCC(=O)OCC(COC(=O)CCCCCCCCC/C=C\C/C=C\C/C=C\CC)OC(=O)CCCCCCCC/C=C\C/C=C\C/C=C\CCCCC. The van der Waals surface area contributed by atoms with Gasteiger partial charge in [0.1, 0.15) is 13.2 Å². The normalized spacial score (nSPS) is 13.1. The van der Waals surface area contributed by atoms with Crippen molar-refractivity contribution in [1.29, 1.82) is 0 Å². The van der Waals surface area contributed by atoms with Crippen LogP contribution in [-0.2, 0) is 28.6 Å². The molecule has 0 aliphatic carbocycles. The van der Waals surface area contributed by atoms with Crippen LogP contribution in [0, 0.1) is 0 Å². The highest BCUT2D eigenvalue weighted by molar-refractivity contribution is 5.71. The number of hydrogen-bond acceptors (Lipinski definition) is 6. The van der Waals surface area contributed by atoms with Crippen molar-refractivity contribution in [3.63, 3.8) is 0 Å². The second kappa shape index (κ2) is 60.1. The van der Waals surface area contributed by atoms with Gasteiger partial charge in [0.25, 0.3) is 0 Å². The van der Waals surface area contributed by atoms with E-state index in [1.807, 2.05) is 0 Å². The summed E-state index contributed by atoms with van der Waals surface area (Å²) in [6.07, 6.45) is 84.3. The van der Waals surface area contributed by atoms with Crippen LogP contribution in [0.4, 0.5) is 0 Å². The predicted molar refractivity (Wildman–Crippen MR) is 316 cm³/mol. The molecule has 73 heavy (non-hydrogen) atoms. The first-order chi connectivity index (χ1) is 36.0. The molecule has 0 radical (unpaired) electrons. The minimum atomic E-state index is -0.810. The largest absolute Gasteiger partial charge is 0.462 e. The lowest BCUT2D eigenvalue weighted by molar-refractivity contribution is -0.167. The standard InChI is InChI=1S/C67H108O6/c1-4-7-10-13-16-19-22-25-28-31-33-36-39-42-45-48-51-54-57-60-66(69)72-63-64(62-71-65(68)59-56-53-50-47-44-41-38-35-30-27-24-21-18-15-12-9-6-3)73-67(70)61-58-55-52-49-46-43-40-37-34-32-29-26-23-20-17-14-11-8-5-2/h7,9-10,12,16-21,25-30,33-34,36-37,42,45,64H,4-6,8,11,13-15,22-24,31-32,35,38-41,43-44,46-63H2,1-3H3/b10-7-,12-9-,19-16-,20-17-,21-18-,28-25-,29-26-,30-27-,36-33-,37-34-,45-42-. The second-order valence-corrected chi connectivity index (χ2v) is 19.1. The smallest absolute Gasteiger partial charge is 0.306 e. The van der Waals surface area contributed by atoms with Crippen LogP contribution >= 0.6 is 0 Å².